The van der Waals surface area contributed by atoms with Crippen molar-refractivity contribution in [3.63, 3.8) is 0 Å². The lowest BCUT2D eigenvalue weighted by molar-refractivity contribution is 0.180. The van der Waals surface area contributed by atoms with Crippen molar-refractivity contribution in [2.24, 2.45) is 5.92 Å². The van der Waals surface area contributed by atoms with Crippen LogP contribution in [0.3, 0.4) is 0 Å². The average Bonchev–Trinajstić information content (AvgIpc) is 3.45. The fourth-order valence-electron chi connectivity index (χ4n) is 5.01. The number of amides is 2. The monoisotopic (exact) mass is 497 g/mol. The van der Waals surface area contributed by atoms with Crippen molar-refractivity contribution in [3.05, 3.63) is 95.4 Å². The largest absolute Gasteiger partial charge is 0.494 e. The molecule has 1 atom stereocenters. The van der Waals surface area contributed by atoms with Crippen LogP contribution >= 0.6 is 0 Å². The lowest BCUT2D eigenvalue weighted by atomic mass is 10.0. The summed E-state index contributed by atoms with van der Waals surface area (Å²) in [4.78, 5) is 15.7. The van der Waals surface area contributed by atoms with Gasteiger partial charge in [-0.2, -0.15) is 5.10 Å². The Balaban J connectivity index is 1.66. The summed E-state index contributed by atoms with van der Waals surface area (Å²) in [6.07, 6.45) is 2.99. The Morgan fingerprint density at radius 1 is 1.11 bits per heavy atom. The van der Waals surface area contributed by atoms with Gasteiger partial charge in [-0.05, 0) is 68.1 Å². The van der Waals surface area contributed by atoms with E-state index in [1.54, 1.807) is 0 Å². The molecule has 0 saturated carbocycles. The lowest BCUT2D eigenvalue weighted by Crippen LogP contribution is -2.42. The van der Waals surface area contributed by atoms with Gasteiger partial charge in [0.1, 0.15) is 11.6 Å². The Morgan fingerprint density at radius 3 is 2.68 bits per heavy atom. The van der Waals surface area contributed by atoms with Crippen LogP contribution in [0.2, 0.25) is 0 Å². The molecule has 1 N–H and O–H groups in total. The predicted octanol–water partition coefficient (Wildman–Crippen LogP) is 6.03. The molecule has 7 nitrogen and oxygen atoms in total. The van der Waals surface area contributed by atoms with Crippen molar-refractivity contribution in [1.29, 1.82) is 0 Å². The summed E-state index contributed by atoms with van der Waals surface area (Å²) >= 11 is 0. The lowest BCUT2D eigenvalue weighted by Gasteiger charge is -2.31. The molecular weight excluding hydrogens is 462 g/mol. The zero-order valence-electron chi connectivity index (χ0n) is 22.0. The molecule has 192 valence electrons. The molecule has 0 radical (unpaired) electrons. The smallest absolute Gasteiger partial charge is 0.318 e. The van der Waals surface area contributed by atoms with Gasteiger partial charge in [-0.15, -0.1) is 0 Å². The fourth-order valence-corrected chi connectivity index (χ4v) is 5.01. The van der Waals surface area contributed by atoms with Gasteiger partial charge in [-0.25, -0.2) is 9.48 Å². The van der Waals surface area contributed by atoms with E-state index in [0.717, 1.165) is 46.2 Å². The molecule has 0 bridgehead atoms. The quantitative estimate of drug-likeness (QED) is 0.339. The molecule has 3 heterocycles. The summed E-state index contributed by atoms with van der Waals surface area (Å²) in [5.41, 5.74) is 4.93. The van der Waals surface area contributed by atoms with Gasteiger partial charge in [0.2, 0.25) is 0 Å². The summed E-state index contributed by atoms with van der Waals surface area (Å²) in [6, 6.07) is 22.0. The molecule has 2 aromatic heterocycles. The predicted molar refractivity (Wildman–Crippen MR) is 145 cm³/mol. The first kappa shape index (κ1) is 24.7. The number of aryl methyl sites for hydroxylation is 1. The van der Waals surface area contributed by atoms with Crippen LogP contribution in [-0.4, -0.2) is 38.4 Å². The number of hydrogen-bond donors (Lipinski definition) is 1. The number of rotatable bonds is 7. The summed E-state index contributed by atoms with van der Waals surface area (Å²) in [6.45, 7) is 9.99. The molecule has 0 aliphatic carbocycles. The zero-order chi connectivity index (χ0) is 25.9. The number of benzene rings is 2. The summed E-state index contributed by atoms with van der Waals surface area (Å²) in [5.74, 6) is 2.28. The molecular formula is C30H35N5O2. The maximum atomic E-state index is 13.8. The molecule has 4 aromatic rings. The first-order valence-electron chi connectivity index (χ1n) is 13.1. The van der Waals surface area contributed by atoms with E-state index in [4.69, 9.17) is 9.84 Å². The second-order valence-electron chi connectivity index (χ2n) is 9.89. The van der Waals surface area contributed by atoms with Crippen molar-refractivity contribution in [1.82, 2.24) is 24.6 Å². The SMILES string of the molecule is CCOc1cccc(C2c3cccn3-c3c(c(C)nn3-c3ccccc3)CN2C(=O)NCCC(C)C)c1. The normalized spacial score (nSPS) is 14.7. The van der Waals surface area contributed by atoms with Crippen molar-refractivity contribution in [3.8, 4) is 17.3 Å². The molecule has 0 saturated heterocycles. The Kier molecular flexibility index (Phi) is 7.04. The molecule has 2 amide bonds. The van der Waals surface area contributed by atoms with Gasteiger partial charge >= 0.3 is 6.03 Å². The Hall–Kier alpha value is -4.00. The van der Waals surface area contributed by atoms with Crippen LogP contribution in [0, 0.1) is 12.8 Å². The number of ether oxygens (including phenoxy) is 1. The average molecular weight is 498 g/mol. The van der Waals surface area contributed by atoms with Crippen molar-refractivity contribution < 1.29 is 9.53 Å². The van der Waals surface area contributed by atoms with Crippen LogP contribution in [0.4, 0.5) is 4.79 Å². The maximum absolute atomic E-state index is 13.8. The van der Waals surface area contributed by atoms with Crippen LogP contribution in [0.15, 0.2) is 72.9 Å². The van der Waals surface area contributed by atoms with Crippen molar-refractivity contribution in [2.75, 3.05) is 13.2 Å². The van der Waals surface area contributed by atoms with E-state index in [-0.39, 0.29) is 12.1 Å². The van der Waals surface area contributed by atoms with E-state index in [2.05, 4.69) is 54.2 Å². The second-order valence-corrected chi connectivity index (χ2v) is 9.89. The highest BCUT2D eigenvalue weighted by Gasteiger charge is 2.36. The van der Waals surface area contributed by atoms with E-state index >= 15 is 0 Å². The van der Waals surface area contributed by atoms with E-state index in [1.807, 2.05) is 65.9 Å². The van der Waals surface area contributed by atoms with E-state index in [9.17, 15) is 4.79 Å². The molecule has 7 heteroatoms. The molecule has 5 rings (SSSR count). The third-order valence-corrected chi connectivity index (χ3v) is 6.83. The Bertz CT molecular complexity index is 1370. The molecule has 0 fully saturated rings. The van der Waals surface area contributed by atoms with Crippen LogP contribution in [0.5, 0.6) is 5.75 Å². The summed E-state index contributed by atoms with van der Waals surface area (Å²) in [5, 5.41) is 8.10. The van der Waals surface area contributed by atoms with Crippen LogP contribution < -0.4 is 10.1 Å². The third kappa shape index (κ3) is 4.86. The highest BCUT2D eigenvalue weighted by Crippen LogP contribution is 2.39. The van der Waals surface area contributed by atoms with Gasteiger partial charge in [-0.1, -0.05) is 44.2 Å². The van der Waals surface area contributed by atoms with E-state index in [1.165, 1.54) is 0 Å². The fraction of sp³-hybridized carbons (Fsp3) is 0.333. The molecule has 1 unspecified atom stereocenters. The van der Waals surface area contributed by atoms with Crippen LogP contribution in [-0.2, 0) is 6.54 Å². The van der Waals surface area contributed by atoms with Crippen LogP contribution in [0.1, 0.15) is 55.7 Å². The molecule has 37 heavy (non-hydrogen) atoms. The maximum Gasteiger partial charge on any atom is 0.318 e. The first-order valence-corrected chi connectivity index (χ1v) is 13.1. The number of hydrogen-bond acceptors (Lipinski definition) is 3. The molecule has 2 aromatic carbocycles. The minimum atomic E-state index is -0.300. The van der Waals surface area contributed by atoms with Crippen LogP contribution in [0.25, 0.3) is 11.5 Å². The third-order valence-electron chi connectivity index (χ3n) is 6.83. The highest BCUT2D eigenvalue weighted by molar-refractivity contribution is 5.76. The van der Waals surface area contributed by atoms with Gasteiger partial charge < -0.3 is 19.5 Å². The van der Waals surface area contributed by atoms with Gasteiger partial charge in [-0.3, -0.25) is 0 Å². The second kappa shape index (κ2) is 10.5. The number of carbonyl (C=O) groups is 1. The number of carbonyl (C=O) groups excluding carboxylic acids is 1. The molecule has 0 spiro atoms. The minimum Gasteiger partial charge on any atom is -0.494 e. The van der Waals surface area contributed by atoms with Gasteiger partial charge in [0, 0.05) is 18.3 Å². The highest BCUT2D eigenvalue weighted by atomic mass is 16.5. The minimum absolute atomic E-state index is 0.0834. The zero-order valence-corrected chi connectivity index (χ0v) is 22.0. The van der Waals surface area contributed by atoms with Crippen molar-refractivity contribution >= 4 is 6.03 Å². The number of aromatic nitrogens is 3. The van der Waals surface area contributed by atoms with E-state index < -0.39 is 0 Å². The standard InChI is InChI=1S/C30H35N5O2/c1-5-37-25-14-9-11-23(19-25)28-27-15-10-18-33(27)29-26(20-34(28)30(36)31-17-16-21(2)3)22(4)32-35(29)24-12-7-6-8-13-24/h6-15,18-19,21,28H,5,16-17,20H2,1-4H3,(H,31,36). The number of nitrogens with zero attached hydrogens (tertiary/aromatic N) is 4. The van der Waals surface area contributed by atoms with E-state index in [0.29, 0.717) is 25.6 Å². The summed E-state index contributed by atoms with van der Waals surface area (Å²) < 4.78 is 10.00. The number of nitrogens with one attached hydrogen (secondary N) is 1. The number of fused-ring (bicyclic) bond motifs is 3. The molecule has 1 aliphatic rings. The first-order chi connectivity index (χ1) is 18.0. The molecule has 1 aliphatic heterocycles. The van der Waals surface area contributed by atoms with Gasteiger partial charge in [0.25, 0.3) is 0 Å². The topological polar surface area (TPSA) is 64.3 Å². The van der Waals surface area contributed by atoms with Crippen molar-refractivity contribution in [2.45, 2.75) is 46.7 Å². The summed E-state index contributed by atoms with van der Waals surface area (Å²) in [7, 11) is 0. The van der Waals surface area contributed by atoms with Gasteiger partial charge in [0.05, 0.1) is 36.3 Å². The Morgan fingerprint density at radius 2 is 1.92 bits per heavy atom. The number of urea groups is 1. The number of para-hydroxylation sites is 1. The Labute approximate surface area is 218 Å². The van der Waals surface area contributed by atoms with Gasteiger partial charge in [0.15, 0.2) is 0 Å².